The first-order valence-electron chi connectivity index (χ1n) is 6.59. The maximum Gasteiger partial charge on any atom is 0.243 e. The first kappa shape index (κ1) is 13.9. The maximum absolute atomic E-state index is 5.17. The van der Waals surface area contributed by atoms with E-state index in [-0.39, 0.29) is 6.04 Å². The van der Waals surface area contributed by atoms with Crippen LogP contribution in [-0.2, 0) is 0 Å². The number of fused-ring (bicyclic) bond motifs is 1. The van der Waals surface area contributed by atoms with Gasteiger partial charge in [0.25, 0.3) is 0 Å². The number of pyridine rings is 1. The van der Waals surface area contributed by atoms with E-state index in [1.54, 1.807) is 11.6 Å². The van der Waals surface area contributed by atoms with Crippen LogP contribution < -0.4 is 10.1 Å². The molecule has 2 aromatic heterocycles. The average molecular weight is 347 g/mol. The molecule has 108 valence electrons. The van der Waals surface area contributed by atoms with Crippen LogP contribution >= 0.6 is 15.9 Å². The van der Waals surface area contributed by atoms with Crippen molar-refractivity contribution in [3.8, 4) is 5.75 Å². The highest BCUT2D eigenvalue weighted by Gasteiger charge is 2.10. The molecule has 0 saturated heterocycles. The van der Waals surface area contributed by atoms with Crippen LogP contribution in [0.3, 0.4) is 0 Å². The largest absolute Gasteiger partial charge is 0.497 e. The highest BCUT2D eigenvalue weighted by molar-refractivity contribution is 9.10. The van der Waals surface area contributed by atoms with Gasteiger partial charge in [-0.15, -0.1) is 5.10 Å². The summed E-state index contributed by atoms with van der Waals surface area (Å²) >= 11 is 3.47. The first-order chi connectivity index (χ1) is 10.2. The minimum absolute atomic E-state index is 0.104. The van der Waals surface area contributed by atoms with Crippen LogP contribution in [0.2, 0.25) is 0 Å². The number of ether oxygens (including phenoxy) is 1. The summed E-state index contributed by atoms with van der Waals surface area (Å²) in [6.45, 7) is 2.07. The van der Waals surface area contributed by atoms with E-state index < -0.39 is 0 Å². The summed E-state index contributed by atoms with van der Waals surface area (Å²) in [5.74, 6) is 1.45. The van der Waals surface area contributed by atoms with Gasteiger partial charge in [0.2, 0.25) is 5.95 Å². The zero-order chi connectivity index (χ0) is 14.8. The van der Waals surface area contributed by atoms with Crippen LogP contribution in [0, 0.1) is 0 Å². The van der Waals surface area contributed by atoms with Crippen molar-refractivity contribution in [3.05, 3.63) is 52.6 Å². The van der Waals surface area contributed by atoms with Gasteiger partial charge < -0.3 is 10.1 Å². The number of benzene rings is 1. The smallest absolute Gasteiger partial charge is 0.243 e. The van der Waals surface area contributed by atoms with E-state index in [1.165, 1.54) is 0 Å². The molecule has 0 saturated carbocycles. The normalized spacial score (nSPS) is 12.3. The molecule has 0 amide bonds. The average Bonchev–Trinajstić information content (AvgIpc) is 2.91. The van der Waals surface area contributed by atoms with Gasteiger partial charge in [0.1, 0.15) is 5.75 Å². The molecule has 0 aliphatic carbocycles. The van der Waals surface area contributed by atoms with E-state index in [0.717, 1.165) is 21.4 Å². The fourth-order valence-electron chi connectivity index (χ4n) is 2.10. The highest BCUT2D eigenvalue weighted by atomic mass is 79.9. The molecule has 1 atom stereocenters. The molecule has 2 heterocycles. The van der Waals surface area contributed by atoms with Crippen molar-refractivity contribution in [1.82, 2.24) is 14.6 Å². The second kappa shape index (κ2) is 5.73. The number of halogens is 1. The second-order valence-electron chi connectivity index (χ2n) is 4.70. The van der Waals surface area contributed by atoms with Crippen LogP contribution in [0.15, 0.2) is 47.1 Å². The molecule has 0 fully saturated rings. The maximum atomic E-state index is 5.17. The molecule has 0 aliphatic rings. The van der Waals surface area contributed by atoms with E-state index in [4.69, 9.17) is 4.74 Å². The zero-order valence-electron chi connectivity index (χ0n) is 11.7. The molecule has 1 N–H and O–H groups in total. The lowest BCUT2D eigenvalue weighted by atomic mass is 10.1. The Kier molecular flexibility index (Phi) is 3.79. The monoisotopic (exact) mass is 346 g/mol. The molecular weight excluding hydrogens is 332 g/mol. The molecule has 3 aromatic rings. The van der Waals surface area contributed by atoms with Crippen molar-refractivity contribution in [1.29, 1.82) is 0 Å². The lowest BCUT2D eigenvalue weighted by Crippen LogP contribution is -2.07. The van der Waals surface area contributed by atoms with Gasteiger partial charge in [0, 0.05) is 6.20 Å². The Morgan fingerprint density at radius 2 is 2.00 bits per heavy atom. The van der Waals surface area contributed by atoms with Gasteiger partial charge in [-0.05, 0) is 52.7 Å². The summed E-state index contributed by atoms with van der Waals surface area (Å²) in [4.78, 5) is 4.48. The SMILES string of the molecule is COc1ccc(C(C)Nc2nc3c(Br)cccn3n2)cc1. The minimum Gasteiger partial charge on any atom is -0.497 e. The molecule has 6 heteroatoms. The summed E-state index contributed by atoms with van der Waals surface area (Å²) in [6.07, 6.45) is 1.87. The minimum atomic E-state index is 0.104. The number of methoxy groups -OCH3 is 1. The molecule has 0 spiro atoms. The molecule has 0 bridgehead atoms. The predicted octanol–water partition coefficient (Wildman–Crippen LogP) is 3.67. The Bertz CT molecular complexity index is 754. The Labute approximate surface area is 131 Å². The molecule has 1 aromatic carbocycles. The van der Waals surface area contributed by atoms with Crippen LogP contribution in [0.25, 0.3) is 5.65 Å². The van der Waals surface area contributed by atoms with Crippen molar-refractivity contribution in [2.24, 2.45) is 0 Å². The van der Waals surface area contributed by atoms with Crippen molar-refractivity contribution < 1.29 is 4.74 Å². The molecule has 5 nitrogen and oxygen atoms in total. The number of hydrogen-bond donors (Lipinski definition) is 1. The molecule has 1 unspecified atom stereocenters. The topological polar surface area (TPSA) is 51.5 Å². The van der Waals surface area contributed by atoms with Gasteiger partial charge in [-0.1, -0.05) is 12.1 Å². The predicted molar refractivity (Wildman–Crippen MR) is 85.7 cm³/mol. The second-order valence-corrected chi connectivity index (χ2v) is 5.55. The molecule has 0 radical (unpaired) electrons. The summed E-state index contributed by atoms with van der Waals surface area (Å²) < 4.78 is 7.83. The lowest BCUT2D eigenvalue weighted by molar-refractivity contribution is 0.414. The Morgan fingerprint density at radius 1 is 1.24 bits per heavy atom. The third-order valence-corrected chi connectivity index (χ3v) is 3.90. The van der Waals surface area contributed by atoms with E-state index in [2.05, 4.69) is 38.3 Å². The fraction of sp³-hybridized carbons (Fsp3) is 0.200. The van der Waals surface area contributed by atoms with Crippen molar-refractivity contribution in [2.75, 3.05) is 12.4 Å². The molecule has 0 aliphatic heterocycles. The number of aromatic nitrogens is 3. The van der Waals surface area contributed by atoms with E-state index in [0.29, 0.717) is 5.95 Å². The summed E-state index contributed by atoms with van der Waals surface area (Å²) in [5.41, 5.74) is 1.94. The van der Waals surface area contributed by atoms with Crippen LogP contribution in [0.1, 0.15) is 18.5 Å². The number of nitrogens with zero attached hydrogens (tertiary/aromatic N) is 3. The van der Waals surface area contributed by atoms with Crippen molar-refractivity contribution in [3.63, 3.8) is 0 Å². The highest BCUT2D eigenvalue weighted by Crippen LogP contribution is 2.22. The van der Waals surface area contributed by atoms with Crippen LogP contribution in [-0.4, -0.2) is 21.7 Å². The Morgan fingerprint density at radius 3 is 2.67 bits per heavy atom. The fourth-order valence-corrected chi connectivity index (χ4v) is 2.53. The number of hydrogen-bond acceptors (Lipinski definition) is 4. The van der Waals surface area contributed by atoms with Crippen molar-refractivity contribution in [2.45, 2.75) is 13.0 Å². The standard InChI is InChI=1S/C15H15BrN4O/c1-10(11-5-7-12(21-2)8-6-11)17-15-18-14-13(16)4-3-9-20(14)19-15/h3-10H,1-2H3,(H,17,19). The van der Waals surface area contributed by atoms with Crippen LogP contribution in [0.4, 0.5) is 5.95 Å². The Hall–Kier alpha value is -2.08. The van der Waals surface area contributed by atoms with E-state index in [9.17, 15) is 0 Å². The quantitative estimate of drug-likeness (QED) is 0.782. The number of rotatable bonds is 4. The van der Waals surface area contributed by atoms with E-state index in [1.807, 2.05) is 42.6 Å². The van der Waals surface area contributed by atoms with Crippen molar-refractivity contribution >= 4 is 27.5 Å². The first-order valence-corrected chi connectivity index (χ1v) is 7.38. The molecular formula is C15H15BrN4O. The lowest BCUT2D eigenvalue weighted by Gasteiger charge is -2.12. The molecule has 3 rings (SSSR count). The summed E-state index contributed by atoms with van der Waals surface area (Å²) in [6, 6.07) is 11.9. The zero-order valence-corrected chi connectivity index (χ0v) is 13.3. The Balaban J connectivity index is 1.81. The number of anilines is 1. The van der Waals surface area contributed by atoms with Gasteiger partial charge in [-0.3, -0.25) is 0 Å². The van der Waals surface area contributed by atoms with Gasteiger partial charge in [0.15, 0.2) is 5.65 Å². The summed E-state index contributed by atoms with van der Waals surface area (Å²) in [5, 5.41) is 7.72. The summed E-state index contributed by atoms with van der Waals surface area (Å²) in [7, 11) is 1.66. The van der Waals surface area contributed by atoms with Gasteiger partial charge in [-0.2, -0.15) is 4.98 Å². The van der Waals surface area contributed by atoms with Gasteiger partial charge in [-0.25, -0.2) is 4.52 Å². The number of nitrogens with one attached hydrogen (secondary N) is 1. The molecule has 21 heavy (non-hydrogen) atoms. The van der Waals surface area contributed by atoms with Crippen LogP contribution in [0.5, 0.6) is 5.75 Å². The van der Waals surface area contributed by atoms with E-state index >= 15 is 0 Å². The van der Waals surface area contributed by atoms with Gasteiger partial charge >= 0.3 is 0 Å². The van der Waals surface area contributed by atoms with Gasteiger partial charge in [0.05, 0.1) is 17.6 Å². The third-order valence-electron chi connectivity index (χ3n) is 3.28. The third kappa shape index (κ3) is 2.85.